The number of aromatic nitrogens is 1. The van der Waals surface area contributed by atoms with Crippen LogP contribution in [0.5, 0.6) is 11.5 Å². The van der Waals surface area contributed by atoms with E-state index in [-0.39, 0.29) is 5.91 Å². The molecule has 0 bridgehead atoms. The number of benzene rings is 1. The van der Waals surface area contributed by atoms with Crippen LogP contribution in [0.4, 0.5) is 5.13 Å². The van der Waals surface area contributed by atoms with Crippen molar-refractivity contribution in [3.63, 3.8) is 0 Å². The Bertz CT molecular complexity index is 657. The number of rotatable bonds is 8. The first-order chi connectivity index (χ1) is 11.2. The van der Waals surface area contributed by atoms with Crippen molar-refractivity contribution in [2.45, 2.75) is 13.3 Å². The van der Waals surface area contributed by atoms with Gasteiger partial charge in [-0.2, -0.15) is 0 Å². The van der Waals surface area contributed by atoms with Crippen LogP contribution in [0.25, 0.3) is 0 Å². The van der Waals surface area contributed by atoms with Crippen molar-refractivity contribution in [1.82, 2.24) is 4.98 Å². The zero-order valence-corrected chi connectivity index (χ0v) is 14.2. The Hall–Kier alpha value is -2.12. The molecule has 2 aromatic rings. The molecule has 1 aromatic carbocycles. The van der Waals surface area contributed by atoms with Crippen molar-refractivity contribution in [2.24, 2.45) is 0 Å². The number of methoxy groups -OCH3 is 2. The van der Waals surface area contributed by atoms with E-state index in [1.807, 2.05) is 6.92 Å². The standard InChI is InChI=1S/C16H20N2O4S/c1-4-12-10-17-16(23-12)18-15(19)13-6-5-11(21-3)9-14(13)22-8-7-20-2/h5-6,9-10H,4,7-8H2,1-3H3,(H,17,18,19). The Morgan fingerprint density at radius 2 is 2.13 bits per heavy atom. The van der Waals surface area contributed by atoms with Crippen molar-refractivity contribution in [1.29, 1.82) is 0 Å². The minimum absolute atomic E-state index is 0.267. The van der Waals surface area contributed by atoms with Gasteiger partial charge in [0.2, 0.25) is 0 Å². The van der Waals surface area contributed by atoms with Crippen molar-refractivity contribution in [3.05, 3.63) is 34.8 Å². The van der Waals surface area contributed by atoms with Gasteiger partial charge in [0.15, 0.2) is 5.13 Å². The third kappa shape index (κ3) is 4.67. The summed E-state index contributed by atoms with van der Waals surface area (Å²) in [6.07, 6.45) is 2.66. The molecule has 1 aromatic heterocycles. The van der Waals surface area contributed by atoms with Gasteiger partial charge in [-0.15, -0.1) is 11.3 Å². The van der Waals surface area contributed by atoms with Gasteiger partial charge in [0.25, 0.3) is 5.91 Å². The number of hydrogen-bond acceptors (Lipinski definition) is 6. The Kier molecular flexibility index (Phi) is 6.37. The molecule has 0 unspecified atom stereocenters. The number of nitrogens with one attached hydrogen (secondary N) is 1. The Morgan fingerprint density at radius 3 is 2.78 bits per heavy atom. The van der Waals surface area contributed by atoms with E-state index in [0.29, 0.717) is 35.4 Å². The van der Waals surface area contributed by atoms with E-state index in [1.165, 1.54) is 11.3 Å². The van der Waals surface area contributed by atoms with Gasteiger partial charge < -0.3 is 14.2 Å². The molecule has 6 nitrogen and oxygen atoms in total. The van der Waals surface area contributed by atoms with Crippen LogP contribution >= 0.6 is 11.3 Å². The second-order valence-corrected chi connectivity index (χ2v) is 5.76. The highest BCUT2D eigenvalue weighted by molar-refractivity contribution is 7.15. The average Bonchev–Trinajstić information content (AvgIpc) is 3.02. The van der Waals surface area contributed by atoms with Gasteiger partial charge in [-0.3, -0.25) is 10.1 Å². The molecule has 2 rings (SSSR count). The van der Waals surface area contributed by atoms with E-state index in [4.69, 9.17) is 14.2 Å². The molecule has 0 aliphatic rings. The van der Waals surface area contributed by atoms with Crippen LogP contribution in [0.2, 0.25) is 0 Å². The number of carbonyl (C=O) groups excluding carboxylic acids is 1. The highest BCUT2D eigenvalue weighted by Crippen LogP contribution is 2.26. The molecule has 1 N–H and O–H groups in total. The molecule has 0 aliphatic heterocycles. The third-order valence-corrected chi connectivity index (χ3v) is 4.16. The summed E-state index contributed by atoms with van der Waals surface area (Å²) in [5.41, 5.74) is 0.426. The number of thiazole rings is 1. The fourth-order valence-electron chi connectivity index (χ4n) is 1.86. The molecule has 0 fully saturated rings. The lowest BCUT2D eigenvalue weighted by Gasteiger charge is -2.12. The fraction of sp³-hybridized carbons (Fsp3) is 0.375. The summed E-state index contributed by atoms with van der Waals surface area (Å²) in [4.78, 5) is 17.8. The summed E-state index contributed by atoms with van der Waals surface area (Å²) < 4.78 is 15.8. The second-order valence-electron chi connectivity index (χ2n) is 4.64. The first kappa shape index (κ1) is 17.2. The van der Waals surface area contributed by atoms with E-state index in [0.717, 1.165) is 11.3 Å². The molecular weight excluding hydrogens is 316 g/mol. The van der Waals surface area contributed by atoms with Gasteiger partial charge in [0.05, 0.1) is 19.3 Å². The van der Waals surface area contributed by atoms with Gasteiger partial charge in [0.1, 0.15) is 18.1 Å². The lowest BCUT2D eigenvalue weighted by molar-refractivity contribution is 0.101. The normalized spacial score (nSPS) is 10.4. The zero-order chi connectivity index (χ0) is 16.7. The van der Waals surface area contributed by atoms with E-state index >= 15 is 0 Å². The molecule has 0 saturated heterocycles. The average molecular weight is 336 g/mol. The first-order valence-electron chi connectivity index (χ1n) is 7.23. The zero-order valence-electron chi connectivity index (χ0n) is 13.4. The maximum atomic E-state index is 12.5. The van der Waals surface area contributed by atoms with Crippen LogP contribution in [0, 0.1) is 0 Å². The lowest BCUT2D eigenvalue weighted by Crippen LogP contribution is -2.15. The van der Waals surface area contributed by atoms with Crippen LogP contribution in [-0.2, 0) is 11.2 Å². The highest BCUT2D eigenvalue weighted by Gasteiger charge is 2.15. The summed E-state index contributed by atoms with van der Waals surface area (Å²) in [5, 5.41) is 3.37. The topological polar surface area (TPSA) is 69.7 Å². The largest absolute Gasteiger partial charge is 0.497 e. The number of amides is 1. The molecule has 7 heteroatoms. The number of hydrogen-bond donors (Lipinski definition) is 1. The molecule has 0 atom stereocenters. The molecule has 1 heterocycles. The van der Waals surface area contributed by atoms with Gasteiger partial charge in [-0.25, -0.2) is 4.98 Å². The summed E-state index contributed by atoms with van der Waals surface area (Å²) in [6, 6.07) is 5.08. The molecular formula is C16H20N2O4S. The molecule has 0 radical (unpaired) electrons. The lowest BCUT2D eigenvalue weighted by atomic mass is 10.2. The molecule has 1 amide bonds. The number of anilines is 1. The molecule has 124 valence electrons. The quantitative estimate of drug-likeness (QED) is 0.751. The van der Waals surface area contributed by atoms with Gasteiger partial charge >= 0.3 is 0 Å². The summed E-state index contributed by atoms with van der Waals surface area (Å²) in [7, 11) is 3.16. The first-order valence-corrected chi connectivity index (χ1v) is 8.05. The SMILES string of the molecule is CCc1cnc(NC(=O)c2ccc(OC)cc2OCCOC)s1. The minimum Gasteiger partial charge on any atom is -0.497 e. The number of aryl methyl sites for hydroxylation is 1. The predicted molar refractivity (Wildman–Crippen MR) is 89.8 cm³/mol. The Morgan fingerprint density at radius 1 is 1.30 bits per heavy atom. The van der Waals surface area contributed by atoms with Crippen molar-refractivity contribution in [3.8, 4) is 11.5 Å². The molecule has 23 heavy (non-hydrogen) atoms. The van der Waals surface area contributed by atoms with Crippen LogP contribution in [0.15, 0.2) is 24.4 Å². The van der Waals surface area contributed by atoms with Gasteiger partial charge in [-0.1, -0.05) is 6.92 Å². The van der Waals surface area contributed by atoms with Gasteiger partial charge in [-0.05, 0) is 18.6 Å². The number of nitrogens with zero attached hydrogens (tertiary/aromatic N) is 1. The van der Waals surface area contributed by atoms with E-state index in [1.54, 1.807) is 38.6 Å². The maximum Gasteiger partial charge on any atom is 0.261 e. The van der Waals surface area contributed by atoms with E-state index < -0.39 is 0 Å². The number of ether oxygens (including phenoxy) is 3. The van der Waals surface area contributed by atoms with E-state index in [9.17, 15) is 4.79 Å². The predicted octanol–water partition coefficient (Wildman–Crippen LogP) is 2.99. The Balaban J connectivity index is 2.16. The fourth-order valence-corrected chi connectivity index (χ4v) is 2.61. The molecule has 0 aliphatic carbocycles. The Labute approximate surface area is 139 Å². The van der Waals surface area contributed by atoms with E-state index in [2.05, 4.69) is 10.3 Å². The maximum absolute atomic E-state index is 12.5. The van der Waals surface area contributed by atoms with Gasteiger partial charge in [0, 0.05) is 24.3 Å². The smallest absolute Gasteiger partial charge is 0.261 e. The molecule has 0 saturated carbocycles. The van der Waals surface area contributed by atoms with Crippen LogP contribution in [0.1, 0.15) is 22.2 Å². The van der Waals surface area contributed by atoms with Crippen molar-refractivity contribution in [2.75, 3.05) is 32.8 Å². The van der Waals surface area contributed by atoms with Crippen molar-refractivity contribution >= 4 is 22.4 Å². The minimum atomic E-state index is -0.267. The number of carbonyl (C=O) groups is 1. The van der Waals surface area contributed by atoms with Crippen LogP contribution in [-0.4, -0.2) is 38.3 Å². The molecule has 0 spiro atoms. The van der Waals surface area contributed by atoms with Crippen molar-refractivity contribution < 1.29 is 19.0 Å². The summed E-state index contributed by atoms with van der Waals surface area (Å²) in [6.45, 7) is 2.83. The van der Waals surface area contributed by atoms with Crippen LogP contribution < -0.4 is 14.8 Å². The summed E-state index contributed by atoms with van der Waals surface area (Å²) in [5.74, 6) is 0.805. The summed E-state index contributed by atoms with van der Waals surface area (Å²) >= 11 is 1.46. The third-order valence-electron chi connectivity index (χ3n) is 3.10. The second kappa shape index (κ2) is 8.50. The highest BCUT2D eigenvalue weighted by atomic mass is 32.1. The van der Waals surface area contributed by atoms with Crippen LogP contribution in [0.3, 0.4) is 0 Å². The monoisotopic (exact) mass is 336 g/mol.